The molecule has 0 amide bonds. The van der Waals surface area contributed by atoms with Gasteiger partial charge in [0.1, 0.15) is 0 Å². The first-order valence-electron chi connectivity index (χ1n) is 9.12. The number of rotatable bonds is 10. The van der Waals surface area contributed by atoms with Crippen molar-refractivity contribution in [1.82, 2.24) is 15.5 Å². The molecule has 1 aromatic rings. The van der Waals surface area contributed by atoms with E-state index >= 15 is 0 Å². The maximum Gasteiger partial charge on any atom is 0.191 e. The highest BCUT2D eigenvalue weighted by Gasteiger charge is 2.24. The summed E-state index contributed by atoms with van der Waals surface area (Å²) in [6.07, 6.45) is 2.50. The first-order valence-corrected chi connectivity index (χ1v) is 9.12. The molecule has 0 aromatic heterocycles. The summed E-state index contributed by atoms with van der Waals surface area (Å²) in [6.45, 7) is 5.74. The van der Waals surface area contributed by atoms with Crippen LogP contribution >= 0.6 is 0 Å². The Labute approximate surface area is 151 Å². The number of hydrogen-bond donors (Lipinski definition) is 2. The Morgan fingerprint density at radius 2 is 2.04 bits per heavy atom. The molecule has 1 fully saturated rings. The highest BCUT2D eigenvalue weighted by molar-refractivity contribution is 5.79. The first kappa shape index (κ1) is 19.7. The Kier molecular flexibility index (Phi) is 9.33. The van der Waals surface area contributed by atoms with Crippen LogP contribution in [0.25, 0.3) is 0 Å². The Morgan fingerprint density at radius 3 is 2.80 bits per heavy atom. The minimum absolute atomic E-state index is 0.553. The van der Waals surface area contributed by atoms with Gasteiger partial charge in [-0.1, -0.05) is 30.3 Å². The highest BCUT2D eigenvalue weighted by atomic mass is 16.5. The van der Waals surface area contributed by atoms with E-state index in [1.807, 2.05) is 0 Å². The van der Waals surface area contributed by atoms with Crippen LogP contribution in [0.1, 0.15) is 18.4 Å². The topological polar surface area (TPSA) is 58.1 Å². The van der Waals surface area contributed by atoms with Crippen LogP contribution in [-0.4, -0.2) is 70.5 Å². The number of benzene rings is 1. The molecule has 1 saturated heterocycles. The van der Waals surface area contributed by atoms with Crippen molar-refractivity contribution in [2.24, 2.45) is 4.99 Å². The minimum atomic E-state index is 0.553. The summed E-state index contributed by atoms with van der Waals surface area (Å²) in [5, 5.41) is 6.74. The predicted molar refractivity (Wildman–Crippen MR) is 102 cm³/mol. The van der Waals surface area contributed by atoms with Crippen molar-refractivity contribution in [3.8, 4) is 0 Å². The number of hydrogen-bond acceptors (Lipinski definition) is 4. The molecule has 1 unspecified atom stereocenters. The van der Waals surface area contributed by atoms with Gasteiger partial charge in [-0.25, -0.2) is 0 Å². The van der Waals surface area contributed by atoms with E-state index in [2.05, 4.69) is 50.9 Å². The second-order valence-corrected chi connectivity index (χ2v) is 6.24. The van der Waals surface area contributed by atoms with E-state index in [1.54, 1.807) is 14.2 Å². The molecule has 1 heterocycles. The van der Waals surface area contributed by atoms with Gasteiger partial charge >= 0.3 is 0 Å². The van der Waals surface area contributed by atoms with Gasteiger partial charge in [0, 0.05) is 39.8 Å². The van der Waals surface area contributed by atoms with Crippen molar-refractivity contribution in [1.29, 1.82) is 0 Å². The van der Waals surface area contributed by atoms with E-state index in [0.29, 0.717) is 25.9 Å². The molecule has 1 aliphatic heterocycles. The van der Waals surface area contributed by atoms with Gasteiger partial charge in [-0.15, -0.1) is 0 Å². The van der Waals surface area contributed by atoms with Gasteiger partial charge in [-0.2, -0.15) is 0 Å². The van der Waals surface area contributed by atoms with Gasteiger partial charge in [0.25, 0.3) is 0 Å². The van der Waals surface area contributed by atoms with E-state index in [0.717, 1.165) is 25.6 Å². The van der Waals surface area contributed by atoms with Crippen LogP contribution in [0.4, 0.5) is 0 Å². The molecule has 0 radical (unpaired) electrons. The highest BCUT2D eigenvalue weighted by Crippen LogP contribution is 2.19. The Hall–Kier alpha value is -1.63. The van der Waals surface area contributed by atoms with Crippen LogP contribution in [0.5, 0.6) is 0 Å². The number of guanidine groups is 1. The molecule has 25 heavy (non-hydrogen) atoms. The van der Waals surface area contributed by atoms with E-state index in [9.17, 15) is 0 Å². The van der Waals surface area contributed by atoms with Crippen LogP contribution in [0.2, 0.25) is 0 Å². The molecule has 2 N–H and O–H groups in total. The summed E-state index contributed by atoms with van der Waals surface area (Å²) in [4.78, 5) is 6.85. The van der Waals surface area contributed by atoms with Gasteiger partial charge < -0.3 is 20.1 Å². The first-order chi connectivity index (χ1) is 12.3. The zero-order chi connectivity index (χ0) is 17.7. The van der Waals surface area contributed by atoms with Gasteiger partial charge in [-0.05, 0) is 24.9 Å². The summed E-state index contributed by atoms with van der Waals surface area (Å²) in [5.41, 5.74) is 1.38. The number of methoxy groups -OCH3 is 1. The lowest BCUT2D eigenvalue weighted by Crippen LogP contribution is -2.45. The molecule has 1 atom stereocenters. The van der Waals surface area contributed by atoms with Crippen molar-refractivity contribution < 1.29 is 9.47 Å². The van der Waals surface area contributed by atoms with Gasteiger partial charge in [0.05, 0.1) is 19.8 Å². The molecule has 1 aliphatic rings. The summed E-state index contributed by atoms with van der Waals surface area (Å²) < 4.78 is 10.4. The molecular formula is C19H32N4O2. The predicted octanol–water partition coefficient (Wildman–Crippen LogP) is 1.48. The zero-order valence-electron chi connectivity index (χ0n) is 15.5. The Morgan fingerprint density at radius 1 is 1.20 bits per heavy atom. The molecule has 140 valence electrons. The third kappa shape index (κ3) is 7.42. The molecular weight excluding hydrogens is 316 g/mol. The average molecular weight is 348 g/mol. The summed E-state index contributed by atoms with van der Waals surface area (Å²) >= 11 is 0. The van der Waals surface area contributed by atoms with Crippen molar-refractivity contribution in [2.45, 2.75) is 25.4 Å². The molecule has 0 spiro atoms. The molecule has 1 aromatic carbocycles. The Bertz CT molecular complexity index is 495. The standard InChI is InChI=1S/C19H32N4O2/c1-20-19(21-10-12-25-14-13-24-2)22-15-18-9-6-11-23(18)16-17-7-4-3-5-8-17/h3-5,7-8,18H,6,9-16H2,1-2H3,(H2,20,21,22). The second-order valence-electron chi connectivity index (χ2n) is 6.24. The van der Waals surface area contributed by atoms with E-state index in [1.165, 1.54) is 24.9 Å². The molecule has 0 bridgehead atoms. The fourth-order valence-corrected chi connectivity index (χ4v) is 3.07. The van der Waals surface area contributed by atoms with Crippen molar-refractivity contribution >= 4 is 5.96 Å². The SMILES string of the molecule is CN=C(NCCOCCOC)NCC1CCCN1Cc1ccccc1. The lowest BCUT2D eigenvalue weighted by molar-refractivity contribution is 0.0733. The fraction of sp³-hybridized carbons (Fsp3) is 0.632. The summed E-state index contributed by atoms with van der Waals surface area (Å²) in [6, 6.07) is 11.2. The van der Waals surface area contributed by atoms with E-state index < -0.39 is 0 Å². The minimum Gasteiger partial charge on any atom is -0.382 e. The van der Waals surface area contributed by atoms with Gasteiger partial charge in [-0.3, -0.25) is 9.89 Å². The maximum atomic E-state index is 5.45. The van der Waals surface area contributed by atoms with Crippen molar-refractivity contribution in [3.63, 3.8) is 0 Å². The van der Waals surface area contributed by atoms with E-state index in [4.69, 9.17) is 9.47 Å². The number of likely N-dealkylation sites (tertiary alicyclic amines) is 1. The lowest BCUT2D eigenvalue weighted by atomic mass is 10.2. The number of ether oxygens (including phenoxy) is 2. The zero-order valence-corrected chi connectivity index (χ0v) is 15.5. The molecule has 6 nitrogen and oxygen atoms in total. The molecule has 2 rings (SSSR count). The van der Waals surface area contributed by atoms with Crippen LogP contribution in [0.3, 0.4) is 0 Å². The number of nitrogens with one attached hydrogen (secondary N) is 2. The summed E-state index contributed by atoms with van der Waals surface area (Å²) in [5.74, 6) is 0.835. The Balaban J connectivity index is 1.67. The van der Waals surface area contributed by atoms with Crippen LogP contribution in [0, 0.1) is 0 Å². The van der Waals surface area contributed by atoms with Crippen LogP contribution < -0.4 is 10.6 Å². The third-order valence-corrected chi connectivity index (χ3v) is 4.43. The van der Waals surface area contributed by atoms with Crippen LogP contribution in [0.15, 0.2) is 35.3 Å². The third-order valence-electron chi connectivity index (χ3n) is 4.43. The quantitative estimate of drug-likeness (QED) is 0.381. The smallest absolute Gasteiger partial charge is 0.191 e. The normalized spacial score (nSPS) is 18.5. The second kappa shape index (κ2) is 11.8. The largest absolute Gasteiger partial charge is 0.382 e. The van der Waals surface area contributed by atoms with Crippen LogP contribution in [-0.2, 0) is 16.0 Å². The fourth-order valence-electron chi connectivity index (χ4n) is 3.07. The van der Waals surface area contributed by atoms with E-state index in [-0.39, 0.29) is 0 Å². The molecule has 6 heteroatoms. The van der Waals surface area contributed by atoms with Gasteiger partial charge in [0.2, 0.25) is 0 Å². The lowest BCUT2D eigenvalue weighted by Gasteiger charge is -2.25. The van der Waals surface area contributed by atoms with Crippen molar-refractivity contribution in [3.05, 3.63) is 35.9 Å². The number of nitrogens with zero attached hydrogens (tertiary/aromatic N) is 2. The maximum absolute atomic E-state index is 5.45. The molecule has 0 aliphatic carbocycles. The van der Waals surface area contributed by atoms with Gasteiger partial charge in [0.15, 0.2) is 5.96 Å². The molecule has 0 saturated carbocycles. The average Bonchev–Trinajstić information content (AvgIpc) is 3.08. The number of aliphatic imine (C=N–C) groups is 1. The monoisotopic (exact) mass is 348 g/mol. The van der Waals surface area contributed by atoms with Crippen molar-refractivity contribution in [2.75, 3.05) is 53.6 Å². The summed E-state index contributed by atoms with van der Waals surface area (Å²) in [7, 11) is 3.48.